The molecule has 1 heterocycles. The lowest BCUT2D eigenvalue weighted by Gasteiger charge is -2.16. The van der Waals surface area contributed by atoms with E-state index >= 15 is 0 Å². The molecule has 0 spiro atoms. The summed E-state index contributed by atoms with van der Waals surface area (Å²) in [6.07, 6.45) is 0. The third-order valence-electron chi connectivity index (χ3n) is 5.29. The molecule has 0 amide bonds. The number of ether oxygens (including phenoxy) is 1. The van der Waals surface area contributed by atoms with Crippen LogP contribution in [0.25, 0.3) is 5.69 Å². The predicted molar refractivity (Wildman–Crippen MR) is 139 cm³/mol. The van der Waals surface area contributed by atoms with E-state index in [-0.39, 0.29) is 18.1 Å². The molecule has 3 aromatic carbocycles. The first kappa shape index (κ1) is 25.0. The summed E-state index contributed by atoms with van der Waals surface area (Å²) in [6.45, 7) is 3.80. The Labute approximate surface area is 217 Å². The van der Waals surface area contributed by atoms with Crippen LogP contribution in [0.15, 0.2) is 71.9 Å². The second kappa shape index (κ2) is 11.1. The fraction of sp³-hybridized carbons (Fsp3) is 0.200. The first-order chi connectivity index (χ1) is 16.8. The molecule has 0 aliphatic rings. The molecule has 0 saturated carbocycles. The highest BCUT2D eigenvalue weighted by molar-refractivity contribution is 7.99. The fourth-order valence-electron chi connectivity index (χ4n) is 3.56. The van der Waals surface area contributed by atoms with Crippen molar-refractivity contribution in [3.63, 3.8) is 0 Å². The SMILES string of the molecule is Cc1cccc(-n2c(C)nnc2S[C@H](C[N+](=O)[O-])c2ccc(OCc3ccccc3Cl)c(Cl)c2)c1. The number of thioether (sulfide) groups is 1. The van der Waals surface area contributed by atoms with Crippen molar-refractivity contribution in [3.8, 4) is 11.4 Å². The second-order valence-electron chi connectivity index (χ2n) is 7.90. The minimum absolute atomic E-state index is 0.255. The van der Waals surface area contributed by atoms with Crippen LogP contribution in [0, 0.1) is 24.0 Å². The molecule has 35 heavy (non-hydrogen) atoms. The van der Waals surface area contributed by atoms with Gasteiger partial charge in [0.2, 0.25) is 6.54 Å². The third kappa shape index (κ3) is 6.14. The molecule has 7 nitrogen and oxygen atoms in total. The van der Waals surface area contributed by atoms with Crippen LogP contribution < -0.4 is 4.74 Å². The van der Waals surface area contributed by atoms with Crippen molar-refractivity contribution < 1.29 is 9.66 Å². The zero-order valence-corrected chi connectivity index (χ0v) is 21.3. The maximum atomic E-state index is 11.5. The number of hydrogen-bond acceptors (Lipinski definition) is 6. The van der Waals surface area contributed by atoms with Crippen LogP contribution in [-0.2, 0) is 6.61 Å². The first-order valence-electron chi connectivity index (χ1n) is 10.7. The molecule has 0 unspecified atom stereocenters. The van der Waals surface area contributed by atoms with Crippen LogP contribution in [0.2, 0.25) is 10.0 Å². The second-order valence-corrected chi connectivity index (χ2v) is 9.88. The van der Waals surface area contributed by atoms with E-state index < -0.39 is 5.25 Å². The fourth-order valence-corrected chi connectivity index (χ4v) is 5.16. The van der Waals surface area contributed by atoms with Crippen LogP contribution in [0.1, 0.15) is 27.8 Å². The van der Waals surface area contributed by atoms with E-state index in [2.05, 4.69) is 10.2 Å². The van der Waals surface area contributed by atoms with Crippen LogP contribution in [-0.4, -0.2) is 26.2 Å². The zero-order valence-electron chi connectivity index (χ0n) is 19.0. The Balaban J connectivity index is 1.59. The van der Waals surface area contributed by atoms with E-state index in [0.717, 1.165) is 16.8 Å². The minimum Gasteiger partial charge on any atom is -0.487 e. The van der Waals surface area contributed by atoms with Crippen molar-refractivity contribution in [3.05, 3.63) is 109 Å². The van der Waals surface area contributed by atoms with Gasteiger partial charge in [-0.2, -0.15) is 0 Å². The summed E-state index contributed by atoms with van der Waals surface area (Å²) in [5, 5.41) is 21.0. The summed E-state index contributed by atoms with van der Waals surface area (Å²) in [7, 11) is 0. The van der Waals surface area contributed by atoms with E-state index in [4.69, 9.17) is 27.9 Å². The standard InChI is InChI=1S/C25H22Cl2N4O3S/c1-16-6-5-8-20(12-16)31-17(2)28-29-25(31)35-24(14-30(32)33)18-10-11-23(22(27)13-18)34-15-19-7-3-4-9-21(19)26/h3-13,24H,14-15H2,1-2H3/t24-/m1/s1. The van der Waals surface area contributed by atoms with Crippen LogP contribution in [0.5, 0.6) is 5.75 Å². The molecule has 0 radical (unpaired) electrons. The molecule has 1 aromatic heterocycles. The van der Waals surface area contributed by atoms with Crippen molar-refractivity contribution in [2.24, 2.45) is 0 Å². The highest BCUT2D eigenvalue weighted by atomic mass is 35.5. The topological polar surface area (TPSA) is 83.1 Å². The Morgan fingerprint density at radius 2 is 1.83 bits per heavy atom. The highest BCUT2D eigenvalue weighted by Crippen LogP contribution is 2.39. The Morgan fingerprint density at radius 3 is 2.54 bits per heavy atom. The molecular weight excluding hydrogens is 507 g/mol. The Hall–Kier alpha value is -3.07. The van der Waals surface area contributed by atoms with Crippen molar-refractivity contribution in [1.82, 2.24) is 14.8 Å². The molecule has 0 bridgehead atoms. The van der Waals surface area contributed by atoms with Gasteiger partial charge < -0.3 is 4.74 Å². The summed E-state index contributed by atoms with van der Waals surface area (Å²) >= 11 is 14.0. The van der Waals surface area contributed by atoms with E-state index in [1.165, 1.54) is 11.8 Å². The molecule has 10 heteroatoms. The van der Waals surface area contributed by atoms with Gasteiger partial charge >= 0.3 is 0 Å². The number of halogens is 2. The summed E-state index contributed by atoms with van der Waals surface area (Å²) in [4.78, 5) is 11.2. The number of benzene rings is 3. The number of hydrogen-bond donors (Lipinski definition) is 0. The van der Waals surface area contributed by atoms with Crippen molar-refractivity contribution in [1.29, 1.82) is 0 Å². The van der Waals surface area contributed by atoms with Gasteiger partial charge in [-0.25, -0.2) is 0 Å². The Morgan fingerprint density at radius 1 is 1.03 bits per heavy atom. The third-order valence-corrected chi connectivity index (χ3v) is 7.13. The van der Waals surface area contributed by atoms with Crippen LogP contribution in [0.3, 0.4) is 0 Å². The quantitative estimate of drug-likeness (QED) is 0.134. The lowest BCUT2D eigenvalue weighted by atomic mass is 10.1. The number of aromatic nitrogens is 3. The first-order valence-corrected chi connectivity index (χ1v) is 12.4. The largest absolute Gasteiger partial charge is 0.487 e. The van der Waals surface area contributed by atoms with Crippen molar-refractivity contribution >= 4 is 35.0 Å². The number of aryl methyl sites for hydroxylation is 2. The molecule has 1 atom stereocenters. The van der Waals surface area contributed by atoms with Gasteiger partial charge in [0.15, 0.2) is 5.16 Å². The van der Waals surface area contributed by atoms with E-state index in [1.54, 1.807) is 24.3 Å². The van der Waals surface area contributed by atoms with Gasteiger partial charge in [0.25, 0.3) is 0 Å². The van der Waals surface area contributed by atoms with Gasteiger partial charge in [-0.3, -0.25) is 14.7 Å². The molecule has 180 valence electrons. The monoisotopic (exact) mass is 528 g/mol. The van der Waals surface area contributed by atoms with Crippen LogP contribution in [0.4, 0.5) is 0 Å². The summed E-state index contributed by atoms with van der Waals surface area (Å²) in [6, 6.07) is 20.5. The van der Waals surface area contributed by atoms with Crippen molar-refractivity contribution in [2.45, 2.75) is 30.9 Å². The molecule has 0 N–H and O–H groups in total. The minimum atomic E-state index is -0.535. The van der Waals surface area contributed by atoms with E-state index in [0.29, 0.717) is 32.3 Å². The molecule has 0 fully saturated rings. The summed E-state index contributed by atoms with van der Waals surface area (Å²) in [5.74, 6) is 1.17. The summed E-state index contributed by atoms with van der Waals surface area (Å²) < 4.78 is 7.74. The predicted octanol–water partition coefficient (Wildman–Crippen LogP) is 6.88. The Bertz CT molecular complexity index is 1360. The van der Waals surface area contributed by atoms with Gasteiger partial charge in [0.05, 0.1) is 5.02 Å². The number of nitrogens with zero attached hydrogens (tertiary/aromatic N) is 4. The highest BCUT2D eigenvalue weighted by Gasteiger charge is 2.24. The van der Waals surface area contributed by atoms with Crippen molar-refractivity contribution in [2.75, 3.05) is 6.54 Å². The van der Waals surface area contributed by atoms with Gasteiger partial charge in [0, 0.05) is 21.2 Å². The summed E-state index contributed by atoms with van der Waals surface area (Å²) in [5.41, 5.74) is 3.52. The lowest BCUT2D eigenvalue weighted by molar-refractivity contribution is -0.479. The molecule has 0 saturated heterocycles. The molecule has 0 aliphatic heterocycles. The normalized spacial score (nSPS) is 11.9. The number of rotatable bonds is 9. The molecular formula is C25H22Cl2N4O3S. The average Bonchev–Trinajstić information content (AvgIpc) is 3.18. The van der Waals surface area contributed by atoms with E-state index in [1.807, 2.05) is 60.9 Å². The van der Waals surface area contributed by atoms with Gasteiger partial charge in [-0.05, 0) is 55.3 Å². The lowest BCUT2D eigenvalue weighted by Crippen LogP contribution is -2.11. The molecule has 4 rings (SSSR count). The van der Waals surface area contributed by atoms with Gasteiger partial charge in [-0.1, -0.05) is 71.4 Å². The molecule has 0 aliphatic carbocycles. The average molecular weight is 529 g/mol. The van der Waals surface area contributed by atoms with Crippen LogP contribution >= 0.6 is 35.0 Å². The maximum absolute atomic E-state index is 11.5. The van der Waals surface area contributed by atoms with Gasteiger partial charge in [-0.15, -0.1) is 10.2 Å². The Kier molecular flexibility index (Phi) is 7.95. The smallest absolute Gasteiger partial charge is 0.220 e. The maximum Gasteiger partial charge on any atom is 0.220 e. The molecule has 4 aromatic rings. The van der Waals surface area contributed by atoms with Gasteiger partial charge in [0.1, 0.15) is 23.4 Å². The van der Waals surface area contributed by atoms with E-state index in [9.17, 15) is 10.1 Å². The number of nitro groups is 1. The zero-order chi connectivity index (χ0) is 24.9.